The number of allylic oxidation sites excluding steroid dienone is 2. The summed E-state index contributed by atoms with van der Waals surface area (Å²) < 4.78 is 0. The molecule has 1 N–H and O–H groups in total. The van der Waals surface area contributed by atoms with E-state index in [2.05, 4.69) is 5.32 Å². The third-order valence-corrected chi connectivity index (χ3v) is 3.91. The molecule has 0 fully saturated rings. The number of carbonyl (C=O) groups is 1. The molecule has 2 aromatic carbocycles. The Labute approximate surface area is 147 Å². The maximum Gasteiger partial charge on any atom is 0.269 e. The van der Waals surface area contributed by atoms with Crippen LogP contribution < -0.4 is 5.32 Å². The predicted octanol–water partition coefficient (Wildman–Crippen LogP) is 4.86. The number of carbonyl (C=O) groups excluding carboxylic acids is 1. The quantitative estimate of drug-likeness (QED) is 0.482. The molecule has 3 rings (SSSR count). The van der Waals surface area contributed by atoms with Crippen molar-refractivity contribution in [2.75, 3.05) is 5.32 Å². The number of hydrogen-bond donors (Lipinski definition) is 1. The molecular formula is C17H10Cl2N2O3. The van der Waals surface area contributed by atoms with E-state index in [9.17, 15) is 14.9 Å². The fraction of sp³-hybridized carbons (Fsp3) is 0. The van der Waals surface area contributed by atoms with Crippen molar-refractivity contribution in [3.05, 3.63) is 79.8 Å². The second kappa shape index (κ2) is 6.47. The smallest absolute Gasteiger partial charge is 0.269 e. The Kier molecular flexibility index (Phi) is 4.38. The summed E-state index contributed by atoms with van der Waals surface area (Å²) in [5.74, 6) is -0.262. The molecule has 0 saturated carbocycles. The van der Waals surface area contributed by atoms with Gasteiger partial charge in [-0.05, 0) is 48.0 Å². The molecule has 1 amide bonds. The van der Waals surface area contributed by atoms with Gasteiger partial charge in [0.15, 0.2) is 0 Å². The highest BCUT2D eigenvalue weighted by atomic mass is 35.5. The van der Waals surface area contributed by atoms with Crippen LogP contribution in [0.3, 0.4) is 0 Å². The number of amides is 1. The summed E-state index contributed by atoms with van der Waals surface area (Å²) >= 11 is 12.2. The number of nitrogens with one attached hydrogen (secondary N) is 1. The van der Waals surface area contributed by atoms with Crippen LogP contribution in [0.5, 0.6) is 0 Å². The Hall–Kier alpha value is -2.63. The lowest BCUT2D eigenvalue weighted by Crippen LogP contribution is -2.03. The van der Waals surface area contributed by atoms with E-state index in [-0.39, 0.29) is 11.6 Å². The van der Waals surface area contributed by atoms with Crippen molar-refractivity contribution < 1.29 is 9.72 Å². The molecule has 7 heteroatoms. The molecule has 0 radical (unpaired) electrons. The molecule has 24 heavy (non-hydrogen) atoms. The summed E-state index contributed by atoms with van der Waals surface area (Å²) in [5, 5.41) is 14.2. The van der Waals surface area contributed by atoms with Crippen LogP contribution in [-0.4, -0.2) is 10.8 Å². The van der Waals surface area contributed by atoms with Gasteiger partial charge in [-0.3, -0.25) is 14.9 Å². The van der Waals surface area contributed by atoms with Gasteiger partial charge in [0.1, 0.15) is 0 Å². The average molecular weight is 361 g/mol. The first kappa shape index (κ1) is 16.2. The van der Waals surface area contributed by atoms with Crippen molar-refractivity contribution in [1.82, 2.24) is 0 Å². The molecule has 0 atom stereocenters. The molecule has 2 aromatic rings. The first-order valence-electron chi connectivity index (χ1n) is 6.88. The van der Waals surface area contributed by atoms with Gasteiger partial charge in [0.2, 0.25) is 0 Å². The fourth-order valence-corrected chi connectivity index (χ4v) is 2.74. The highest BCUT2D eigenvalue weighted by molar-refractivity contribution is 6.38. The fourth-order valence-electron chi connectivity index (χ4n) is 2.33. The number of anilines is 1. The van der Waals surface area contributed by atoms with E-state index in [1.165, 1.54) is 12.1 Å². The lowest BCUT2D eigenvalue weighted by Gasteiger charge is -1.99. The molecule has 120 valence electrons. The van der Waals surface area contributed by atoms with Gasteiger partial charge in [-0.25, -0.2) is 0 Å². The zero-order chi connectivity index (χ0) is 17.3. The highest BCUT2D eigenvalue weighted by Crippen LogP contribution is 2.35. The minimum atomic E-state index is -0.472. The summed E-state index contributed by atoms with van der Waals surface area (Å²) in [6.45, 7) is 0. The van der Waals surface area contributed by atoms with E-state index in [0.29, 0.717) is 32.4 Å². The number of nitro groups is 1. The predicted molar refractivity (Wildman–Crippen MR) is 95.0 cm³/mol. The van der Waals surface area contributed by atoms with E-state index in [1.807, 2.05) is 0 Å². The number of fused-ring (bicyclic) bond motifs is 1. The number of non-ortho nitro benzene ring substituents is 1. The Bertz CT molecular complexity index is 903. The van der Waals surface area contributed by atoms with Crippen molar-refractivity contribution in [3.8, 4) is 0 Å². The van der Waals surface area contributed by atoms with Crippen molar-refractivity contribution in [1.29, 1.82) is 0 Å². The van der Waals surface area contributed by atoms with Crippen molar-refractivity contribution in [3.63, 3.8) is 0 Å². The first-order chi connectivity index (χ1) is 11.4. The normalized spacial score (nSPS) is 15.3. The Morgan fingerprint density at radius 1 is 1.17 bits per heavy atom. The number of nitrogens with zero attached hydrogens (tertiary/aromatic N) is 1. The van der Waals surface area contributed by atoms with Crippen molar-refractivity contribution in [2.45, 2.75) is 0 Å². The summed E-state index contributed by atoms with van der Waals surface area (Å²) in [4.78, 5) is 22.2. The van der Waals surface area contributed by atoms with Crippen LogP contribution in [-0.2, 0) is 4.79 Å². The Morgan fingerprint density at radius 2 is 1.88 bits per heavy atom. The number of rotatable bonds is 3. The van der Waals surface area contributed by atoms with E-state index in [4.69, 9.17) is 23.2 Å². The lowest BCUT2D eigenvalue weighted by molar-refractivity contribution is -0.384. The van der Waals surface area contributed by atoms with Gasteiger partial charge >= 0.3 is 0 Å². The maximum atomic E-state index is 12.1. The van der Waals surface area contributed by atoms with Gasteiger partial charge in [-0.1, -0.05) is 23.2 Å². The van der Waals surface area contributed by atoms with Crippen LogP contribution >= 0.6 is 23.2 Å². The molecule has 0 aromatic heterocycles. The van der Waals surface area contributed by atoms with Crippen molar-refractivity contribution in [2.24, 2.45) is 0 Å². The van der Waals surface area contributed by atoms with Gasteiger partial charge in [0.05, 0.1) is 10.5 Å². The molecule has 0 spiro atoms. The zero-order valence-corrected chi connectivity index (χ0v) is 13.6. The van der Waals surface area contributed by atoms with Crippen LogP contribution in [0, 0.1) is 10.1 Å². The van der Waals surface area contributed by atoms with Gasteiger partial charge in [-0.15, -0.1) is 0 Å². The van der Waals surface area contributed by atoms with Crippen LogP contribution in [0.2, 0.25) is 5.02 Å². The van der Waals surface area contributed by atoms with E-state index in [1.54, 1.807) is 42.5 Å². The van der Waals surface area contributed by atoms with Gasteiger partial charge in [0.25, 0.3) is 11.6 Å². The van der Waals surface area contributed by atoms with Crippen LogP contribution in [0.1, 0.15) is 11.1 Å². The molecule has 0 bridgehead atoms. The lowest BCUT2D eigenvalue weighted by atomic mass is 10.1. The third kappa shape index (κ3) is 3.32. The SMILES string of the molecule is O=C1Nc2ccc(Cl)cc2/C1=C\C(Cl)=C\c1ccc([N+](=O)[O-])cc1. The largest absolute Gasteiger partial charge is 0.321 e. The zero-order valence-electron chi connectivity index (χ0n) is 12.1. The number of halogens is 2. The molecule has 5 nitrogen and oxygen atoms in total. The number of hydrogen-bond acceptors (Lipinski definition) is 3. The standard InChI is InChI=1S/C17H10Cl2N2O3/c18-11-3-6-16-14(8-11)15(17(22)20-16)9-12(19)7-10-1-4-13(5-2-10)21(23)24/h1-9H,(H,20,22)/b12-7-,15-9+. The Balaban J connectivity index is 1.92. The molecule has 0 aliphatic carbocycles. The van der Waals surface area contributed by atoms with Crippen molar-refractivity contribution >= 4 is 52.1 Å². The van der Waals surface area contributed by atoms with Gasteiger partial charge in [-0.2, -0.15) is 0 Å². The van der Waals surface area contributed by atoms with E-state index < -0.39 is 4.92 Å². The number of benzene rings is 2. The molecule has 1 aliphatic heterocycles. The second-order valence-corrected chi connectivity index (χ2v) is 5.95. The first-order valence-corrected chi connectivity index (χ1v) is 7.64. The monoisotopic (exact) mass is 360 g/mol. The minimum Gasteiger partial charge on any atom is -0.321 e. The molecular weight excluding hydrogens is 351 g/mol. The van der Waals surface area contributed by atoms with E-state index in [0.717, 1.165) is 0 Å². The summed E-state index contributed by atoms with van der Waals surface area (Å²) in [6, 6.07) is 11.1. The van der Waals surface area contributed by atoms with Gasteiger partial charge < -0.3 is 5.32 Å². The maximum absolute atomic E-state index is 12.1. The molecule has 1 heterocycles. The van der Waals surface area contributed by atoms with Crippen LogP contribution in [0.25, 0.3) is 11.6 Å². The summed E-state index contributed by atoms with van der Waals surface area (Å²) in [5.41, 5.74) is 2.46. The van der Waals surface area contributed by atoms with Crippen LogP contribution in [0.15, 0.2) is 53.6 Å². The van der Waals surface area contributed by atoms with Gasteiger partial charge in [0, 0.05) is 33.4 Å². The second-order valence-electron chi connectivity index (χ2n) is 5.08. The van der Waals surface area contributed by atoms with Crippen LogP contribution in [0.4, 0.5) is 11.4 Å². The third-order valence-electron chi connectivity index (χ3n) is 3.46. The van der Waals surface area contributed by atoms with E-state index >= 15 is 0 Å². The average Bonchev–Trinajstić information content (AvgIpc) is 2.83. The highest BCUT2D eigenvalue weighted by Gasteiger charge is 2.24. The molecule has 0 saturated heterocycles. The summed E-state index contributed by atoms with van der Waals surface area (Å²) in [6.07, 6.45) is 3.16. The number of nitro benzene ring substituents is 1. The minimum absolute atomic E-state index is 0.000340. The molecule has 1 aliphatic rings. The summed E-state index contributed by atoms with van der Waals surface area (Å²) in [7, 11) is 0. The topological polar surface area (TPSA) is 72.2 Å². The Morgan fingerprint density at radius 3 is 2.54 bits per heavy atom. The molecule has 0 unspecified atom stereocenters.